The van der Waals surface area contributed by atoms with Gasteiger partial charge in [-0.15, -0.1) is 16.8 Å². The maximum Gasteiger partial charge on any atom is 0.234 e. The monoisotopic (exact) mass is 428 g/mol. The quantitative estimate of drug-likeness (QED) is 0.296. The van der Waals surface area contributed by atoms with Crippen LogP contribution in [0.15, 0.2) is 90.6 Å². The van der Waals surface area contributed by atoms with Crippen molar-refractivity contribution in [3.8, 4) is 0 Å². The third kappa shape index (κ3) is 5.22. The van der Waals surface area contributed by atoms with Gasteiger partial charge in [-0.3, -0.25) is 4.79 Å². The lowest BCUT2D eigenvalue weighted by Crippen LogP contribution is -2.15. The molecule has 0 unspecified atom stereocenters. The first-order valence-electron chi connectivity index (χ1n) is 10.2. The van der Waals surface area contributed by atoms with Crippen molar-refractivity contribution in [1.29, 1.82) is 0 Å². The van der Waals surface area contributed by atoms with Gasteiger partial charge in [0.25, 0.3) is 0 Å². The van der Waals surface area contributed by atoms with E-state index in [1.165, 1.54) is 17.3 Å². The second kappa shape index (κ2) is 10.1. The summed E-state index contributed by atoms with van der Waals surface area (Å²) in [6.07, 6.45) is 3.51. The second-order valence-corrected chi connectivity index (χ2v) is 8.09. The molecule has 0 aliphatic carbocycles. The van der Waals surface area contributed by atoms with E-state index in [1.807, 2.05) is 71.3 Å². The molecular formula is C25H24N4OS. The average molecular weight is 429 g/mol. The van der Waals surface area contributed by atoms with Crippen molar-refractivity contribution in [2.75, 3.05) is 11.1 Å². The van der Waals surface area contributed by atoms with E-state index in [0.717, 1.165) is 40.3 Å². The molecule has 0 saturated heterocycles. The predicted octanol–water partition coefficient (Wildman–Crippen LogP) is 5.13. The number of allylic oxidation sites excluding steroid dienone is 1. The number of rotatable bonds is 9. The standard InChI is InChI=1S/C25H24N4OS/c1-2-17-29-23(16-15-19-9-4-3-5-10-19)27-28-25(29)31-18-24(30)26-22-14-8-12-20-11-6-7-13-21(20)22/h2-14H,1,15-18H2,(H,26,30). The van der Waals surface area contributed by atoms with Gasteiger partial charge in [0, 0.05) is 24.0 Å². The second-order valence-electron chi connectivity index (χ2n) is 7.15. The van der Waals surface area contributed by atoms with E-state index in [-0.39, 0.29) is 11.7 Å². The van der Waals surface area contributed by atoms with Crippen LogP contribution in [-0.2, 0) is 24.2 Å². The number of fused-ring (bicyclic) bond motifs is 1. The number of benzene rings is 3. The highest BCUT2D eigenvalue weighted by molar-refractivity contribution is 7.99. The molecule has 0 aliphatic rings. The zero-order valence-electron chi connectivity index (χ0n) is 17.2. The molecule has 0 radical (unpaired) electrons. The molecule has 0 fully saturated rings. The number of anilines is 1. The van der Waals surface area contributed by atoms with E-state index in [9.17, 15) is 4.79 Å². The van der Waals surface area contributed by atoms with Crippen molar-refractivity contribution >= 4 is 34.1 Å². The van der Waals surface area contributed by atoms with E-state index >= 15 is 0 Å². The van der Waals surface area contributed by atoms with Crippen LogP contribution >= 0.6 is 11.8 Å². The van der Waals surface area contributed by atoms with Gasteiger partial charge in [-0.05, 0) is 23.4 Å². The van der Waals surface area contributed by atoms with Crippen molar-refractivity contribution in [1.82, 2.24) is 14.8 Å². The maximum atomic E-state index is 12.6. The van der Waals surface area contributed by atoms with Gasteiger partial charge in [-0.1, -0.05) is 84.6 Å². The molecule has 0 aliphatic heterocycles. The van der Waals surface area contributed by atoms with Gasteiger partial charge in [-0.2, -0.15) is 0 Å². The molecule has 1 aromatic heterocycles. The Labute approximate surface area is 186 Å². The molecule has 0 saturated carbocycles. The minimum Gasteiger partial charge on any atom is -0.325 e. The molecule has 4 rings (SSSR count). The Morgan fingerprint density at radius 3 is 2.58 bits per heavy atom. The van der Waals surface area contributed by atoms with E-state index in [0.29, 0.717) is 6.54 Å². The molecule has 0 bridgehead atoms. The Morgan fingerprint density at radius 2 is 1.74 bits per heavy atom. The molecule has 4 aromatic rings. The van der Waals surface area contributed by atoms with Crippen LogP contribution < -0.4 is 5.32 Å². The van der Waals surface area contributed by atoms with E-state index in [1.54, 1.807) is 0 Å². The predicted molar refractivity (Wildman–Crippen MR) is 127 cm³/mol. The molecule has 5 nitrogen and oxygen atoms in total. The number of amides is 1. The Bertz CT molecular complexity index is 1180. The number of nitrogens with zero attached hydrogens (tertiary/aromatic N) is 3. The summed E-state index contributed by atoms with van der Waals surface area (Å²) < 4.78 is 2.03. The van der Waals surface area contributed by atoms with Gasteiger partial charge in [-0.25, -0.2) is 0 Å². The van der Waals surface area contributed by atoms with Gasteiger partial charge < -0.3 is 9.88 Å². The molecule has 1 amide bonds. The van der Waals surface area contributed by atoms with Crippen LogP contribution in [0.2, 0.25) is 0 Å². The van der Waals surface area contributed by atoms with E-state index in [4.69, 9.17) is 0 Å². The van der Waals surface area contributed by atoms with Crippen LogP contribution in [-0.4, -0.2) is 26.4 Å². The molecule has 3 aromatic carbocycles. The lowest BCUT2D eigenvalue weighted by Gasteiger charge is -2.10. The highest BCUT2D eigenvalue weighted by Crippen LogP contribution is 2.24. The SMILES string of the molecule is C=CCn1c(CCc2ccccc2)nnc1SCC(=O)Nc1cccc2ccccc12. The van der Waals surface area contributed by atoms with E-state index in [2.05, 4.69) is 34.2 Å². The molecule has 156 valence electrons. The minimum atomic E-state index is -0.0691. The summed E-state index contributed by atoms with van der Waals surface area (Å²) in [6.45, 7) is 4.47. The average Bonchev–Trinajstić information content (AvgIpc) is 3.19. The summed E-state index contributed by atoms with van der Waals surface area (Å²) in [4.78, 5) is 12.6. The first kappa shape index (κ1) is 20.9. The van der Waals surface area contributed by atoms with Crippen molar-refractivity contribution in [3.05, 3.63) is 96.8 Å². The third-order valence-electron chi connectivity index (χ3n) is 4.98. The summed E-state index contributed by atoms with van der Waals surface area (Å²) in [7, 11) is 0. The third-order valence-corrected chi connectivity index (χ3v) is 5.95. The zero-order chi connectivity index (χ0) is 21.5. The van der Waals surface area contributed by atoms with Crippen LogP contribution in [0.4, 0.5) is 5.69 Å². The molecule has 6 heteroatoms. The lowest BCUT2D eigenvalue weighted by molar-refractivity contribution is -0.113. The van der Waals surface area contributed by atoms with Crippen LogP contribution in [0.5, 0.6) is 0 Å². The fourth-order valence-electron chi connectivity index (χ4n) is 3.47. The van der Waals surface area contributed by atoms with Crippen molar-refractivity contribution in [2.45, 2.75) is 24.5 Å². The summed E-state index contributed by atoms with van der Waals surface area (Å²) in [5, 5.41) is 14.6. The fourth-order valence-corrected chi connectivity index (χ4v) is 4.24. The van der Waals surface area contributed by atoms with Crippen molar-refractivity contribution in [3.63, 3.8) is 0 Å². The van der Waals surface area contributed by atoms with Crippen LogP contribution in [0.3, 0.4) is 0 Å². The molecule has 1 heterocycles. The molecule has 0 atom stereocenters. The zero-order valence-corrected chi connectivity index (χ0v) is 18.0. The Hall–Kier alpha value is -3.38. The van der Waals surface area contributed by atoms with Crippen LogP contribution in [0.1, 0.15) is 11.4 Å². The van der Waals surface area contributed by atoms with Gasteiger partial charge in [0.1, 0.15) is 5.82 Å². The van der Waals surface area contributed by atoms with Gasteiger partial charge >= 0.3 is 0 Å². The summed E-state index contributed by atoms with van der Waals surface area (Å²) in [5.41, 5.74) is 2.08. The first-order chi connectivity index (χ1) is 15.2. The van der Waals surface area contributed by atoms with E-state index < -0.39 is 0 Å². The Balaban J connectivity index is 1.41. The summed E-state index contributed by atoms with van der Waals surface area (Å²) >= 11 is 1.39. The largest absolute Gasteiger partial charge is 0.325 e. The number of carbonyl (C=O) groups excluding carboxylic acids is 1. The van der Waals surface area contributed by atoms with Crippen LogP contribution in [0, 0.1) is 0 Å². The van der Waals surface area contributed by atoms with Crippen molar-refractivity contribution in [2.24, 2.45) is 0 Å². The highest BCUT2D eigenvalue weighted by Gasteiger charge is 2.14. The molecule has 1 N–H and O–H groups in total. The Kier molecular flexibility index (Phi) is 6.79. The lowest BCUT2D eigenvalue weighted by atomic mass is 10.1. The number of thioether (sulfide) groups is 1. The number of hydrogen-bond acceptors (Lipinski definition) is 4. The van der Waals surface area contributed by atoms with Crippen molar-refractivity contribution < 1.29 is 4.79 Å². The van der Waals surface area contributed by atoms with Gasteiger partial charge in [0.05, 0.1) is 5.75 Å². The smallest absolute Gasteiger partial charge is 0.234 e. The number of aryl methyl sites for hydroxylation is 2. The highest BCUT2D eigenvalue weighted by atomic mass is 32.2. The fraction of sp³-hybridized carbons (Fsp3) is 0.160. The first-order valence-corrected chi connectivity index (χ1v) is 11.2. The number of carbonyl (C=O) groups is 1. The Morgan fingerprint density at radius 1 is 0.968 bits per heavy atom. The summed E-state index contributed by atoms with van der Waals surface area (Å²) in [6, 6.07) is 24.2. The minimum absolute atomic E-state index is 0.0691. The number of aromatic nitrogens is 3. The molecular weight excluding hydrogens is 404 g/mol. The molecule has 0 spiro atoms. The number of hydrogen-bond donors (Lipinski definition) is 1. The maximum absolute atomic E-state index is 12.6. The van der Waals surface area contributed by atoms with Gasteiger partial charge in [0.15, 0.2) is 5.16 Å². The van der Waals surface area contributed by atoms with Gasteiger partial charge in [0.2, 0.25) is 5.91 Å². The normalized spacial score (nSPS) is 10.8. The summed E-state index contributed by atoms with van der Waals surface area (Å²) in [5.74, 6) is 1.10. The van der Waals surface area contributed by atoms with Crippen LogP contribution in [0.25, 0.3) is 10.8 Å². The number of nitrogens with one attached hydrogen (secondary N) is 1. The molecule has 31 heavy (non-hydrogen) atoms. The topological polar surface area (TPSA) is 59.8 Å².